The van der Waals surface area contributed by atoms with E-state index in [9.17, 15) is 4.79 Å². The van der Waals surface area contributed by atoms with Crippen molar-refractivity contribution < 1.29 is 19.0 Å². The Bertz CT molecular complexity index is 1450. The molecular weight excluding hydrogens is 494 g/mol. The van der Waals surface area contributed by atoms with Gasteiger partial charge in [-0.25, -0.2) is 0 Å². The first kappa shape index (κ1) is 26.2. The standard InChI is InChI=1S/C30H33N5O4/c1-21-8-4-6-10-26(21)31-30(36)25-9-5-7-11-27(25)39-20-24-19-35(33-32-24)15-14-34-13-12-22-16-28(37-2)29(38-3)17-23(22)18-34/h4-11,16-17,19H,12-15,18,20H2,1-3H3,(H,31,36). The lowest BCUT2D eigenvalue weighted by atomic mass is 9.99. The number of aryl methyl sites for hydroxylation is 1. The van der Waals surface area contributed by atoms with Crippen LogP contribution in [0.15, 0.2) is 66.9 Å². The topological polar surface area (TPSA) is 90.7 Å². The number of rotatable bonds is 10. The number of carbonyl (C=O) groups excluding carboxylic acids is 1. The van der Waals surface area contributed by atoms with Gasteiger partial charge in [0.15, 0.2) is 11.5 Å². The minimum atomic E-state index is -0.220. The molecule has 0 fully saturated rings. The Labute approximate surface area is 228 Å². The van der Waals surface area contributed by atoms with E-state index in [0.29, 0.717) is 23.6 Å². The van der Waals surface area contributed by atoms with Crippen molar-refractivity contribution in [2.45, 2.75) is 33.0 Å². The van der Waals surface area contributed by atoms with Crippen LogP contribution in [0.3, 0.4) is 0 Å². The Balaban J connectivity index is 1.16. The molecule has 0 bridgehead atoms. The highest BCUT2D eigenvalue weighted by molar-refractivity contribution is 6.06. The lowest BCUT2D eigenvalue weighted by Crippen LogP contribution is -2.33. The third-order valence-corrected chi connectivity index (χ3v) is 6.93. The maximum Gasteiger partial charge on any atom is 0.259 e. The summed E-state index contributed by atoms with van der Waals surface area (Å²) in [6.07, 6.45) is 2.85. The molecule has 1 aliphatic heterocycles. The molecule has 1 amide bonds. The van der Waals surface area contributed by atoms with Crippen molar-refractivity contribution in [2.24, 2.45) is 0 Å². The van der Waals surface area contributed by atoms with E-state index in [2.05, 4.69) is 32.7 Å². The molecule has 9 heteroatoms. The zero-order chi connectivity index (χ0) is 27.2. The van der Waals surface area contributed by atoms with Gasteiger partial charge in [0.25, 0.3) is 5.91 Å². The van der Waals surface area contributed by atoms with Crippen molar-refractivity contribution in [3.05, 3.63) is 94.8 Å². The quantitative estimate of drug-likeness (QED) is 0.325. The summed E-state index contributed by atoms with van der Waals surface area (Å²) in [6.45, 7) is 5.55. The van der Waals surface area contributed by atoms with E-state index in [1.54, 1.807) is 26.4 Å². The molecule has 0 atom stereocenters. The van der Waals surface area contributed by atoms with Gasteiger partial charge < -0.3 is 19.5 Å². The van der Waals surface area contributed by atoms with E-state index in [0.717, 1.165) is 48.8 Å². The van der Waals surface area contributed by atoms with Crippen LogP contribution < -0.4 is 19.5 Å². The van der Waals surface area contributed by atoms with Crippen molar-refractivity contribution in [3.8, 4) is 17.2 Å². The van der Waals surface area contributed by atoms with E-state index >= 15 is 0 Å². The number of para-hydroxylation sites is 2. The van der Waals surface area contributed by atoms with Crippen LogP contribution >= 0.6 is 0 Å². The maximum atomic E-state index is 12.9. The normalized spacial score (nSPS) is 13.0. The Morgan fingerprint density at radius 2 is 1.69 bits per heavy atom. The van der Waals surface area contributed by atoms with E-state index in [-0.39, 0.29) is 12.5 Å². The van der Waals surface area contributed by atoms with Crippen molar-refractivity contribution in [2.75, 3.05) is 32.6 Å². The fourth-order valence-electron chi connectivity index (χ4n) is 4.72. The minimum absolute atomic E-state index is 0.216. The fraction of sp³-hybridized carbons (Fsp3) is 0.300. The van der Waals surface area contributed by atoms with Crippen LogP contribution in [0.1, 0.15) is 32.7 Å². The summed E-state index contributed by atoms with van der Waals surface area (Å²) < 4.78 is 18.7. The van der Waals surface area contributed by atoms with Gasteiger partial charge in [0, 0.05) is 25.3 Å². The molecule has 39 heavy (non-hydrogen) atoms. The second-order valence-electron chi connectivity index (χ2n) is 9.53. The molecule has 5 rings (SSSR count). The largest absolute Gasteiger partial charge is 0.493 e. The van der Waals surface area contributed by atoms with Crippen LogP contribution in [0, 0.1) is 6.92 Å². The van der Waals surface area contributed by atoms with Gasteiger partial charge in [0.05, 0.1) is 32.5 Å². The van der Waals surface area contributed by atoms with E-state index in [4.69, 9.17) is 14.2 Å². The fourth-order valence-corrected chi connectivity index (χ4v) is 4.72. The van der Waals surface area contributed by atoms with E-state index in [1.807, 2.05) is 54.2 Å². The predicted molar refractivity (Wildman–Crippen MR) is 148 cm³/mol. The van der Waals surface area contributed by atoms with Crippen molar-refractivity contribution in [1.82, 2.24) is 19.9 Å². The molecule has 0 aliphatic carbocycles. The number of anilines is 1. The second-order valence-corrected chi connectivity index (χ2v) is 9.53. The van der Waals surface area contributed by atoms with Crippen LogP contribution in [0.2, 0.25) is 0 Å². The lowest BCUT2D eigenvalue weighted by molar-refractivity contribution is 0.102. The van der Waals surface area contributed by atoms with Gasteiger partial charge in [-0.05, 0) is 60.4 Å². The van der Waals surface area contributed by atoms with E-state index in [1.165, 1.54) is 11.1 Å². The number of nitrogens with zero attached hydrogens (tertiary/aromatic N) is 4. The summed E-state index contributed by atoms with van der Waals surface area (Å²) in [5.41, 5.74) is 5.50. The van der Waals surface area contributed by atoms with Crippen molar-refractivity contribution in [3.63, 3.8) is 0 Å². The summed E-state index contributed by atoms with van der Waals surface area (Å²) >= 11 is 0. The molecule has 202 valence electrons. The molecule has 1 aliphatic rings. The summed E-state index contributed by atoms with van der Waals surface area (Å²) in [4.78, 5) is 15.3. The Hall–Kier alpha value is -4.37. The van der Waals surface area contributed by atoms with Gasteiger partial charge in [0.2, 0.25) is 0 Å². The van der Waals surface area contributed by atoms with Gasteiger partial charge in [-0.3, -0.25) is 14.4 Å². The summed E-state index contributed by atoms with van der Waals surface area (Å²) in [5.74, 6) is 1.81. The monoisotopic (exact) mass is 527 g/mol. The zero-order valence-corrected chi connectivity index (χ0v) is 22.5. The number of methoxy groups -OCH3 is 2. The number of carbonyl (C=O) groups is 1. The molecule has 9 nitrogen and oxygen atoms in total. The third-order valence-electron chi connectivity index (χ3n) is 6.93. The highest BCUT2D eigenvalue weighted by Gasteiger charge is 2.20. The van der Waals surface area contributed by atoms with Crippen LogP contribution in [0.5, 0.6) is 17.2 Å². The van der Waals surface area contributed by atoms with Gasteiger partial charge in [-0.15, -0.1) is 5.10 Å². The summed E-state index contributed by atoms with van der Waals surface area (Å²) in [6, 6.07) is 19.0. The molecule has 0 radical (unpaired) electrons. The second kappa shape index (κ2) is 12.0. The molecule has 2 heterocycles. The molecule has 0 saturated carbocycles. The number of ether oxygens (including phenoxy) is 3. The molecular formula is C30H33N5O4. The average Bonchev–Trinajstić information content (AvgIpc) is 3.43. The van der Waals surface area contributed by atoms with Crippen molar-refractivity contribution in [1.29, 1.82) is 0 Å². The third kappa shape index (κ3) is 6.21. The lowest BCUT2D eigenvalue weighted by Gasteiger charge is -2.29. The van der Waals surface area contributed by atoms with Gasteiger partial charge >= 0.3 is 0 Å². The Kier molecular flexibility index (Phi) is 8.07. The first-order valence-electron chi connectivity index (χ1n) is 13.0. The molecule has 0 unspecified atom stereocenters. The average molecular weight is 528 g/mol. The first-order valence-corrected chi connectivity index (χ1v) is 13.0. The number of amides is 1. The van der Waals surface area contributed by atoms with Gasteiger partial charge in [-0.2, -0.15) is 0 Å². The Morgan fingerprint density at radius 3 is 2.49 bits per heavy atom. The minimum Gasteiger partial charge on any atom is -0.493 e. The number of hydrogen-bond acceptors (Lipinski definition) is 7. The summed E-state index contributed by atoms with van der Waals surface area (Å²) in [7, 11) is 3.33. The highest BCUT2D eigenvalue weighted by atomic mass is 16.5. The number of aromatic nitrogens is 3. The number of benzene rings is 3. The first-order chi connectivity index (χ1) is 19.0. The molecule has 0 saturated heterocycles. The number of fused-ring (bicyclic) bond motifs is 1. The van der Waals surface area contributed by atoms with E-state index < -0.39 is 0 Å². The molecule has 3 aromatic carbocycles. The highest BCUT2D eigenvalue weighted by Crippen LogP contribution is 2.33. The SMILES string of the molecule is COc1cc2c(cc1OC)CN(CCn1cc(COc3ccccc3C(=O)Nc3ccccc3C)nn1)CC2. The molecule has 1 aromatic heterocycles. The van der Waals surface area contributed by atoms with Gasteiger partial charge in [0.1, 0.15) is 18.1 Å². The smallest absolute Gasteiger partial charge is 0.259 e. The predicted octanol–water partition coefficient (Wildman–Crippen LogP) is 4.49. The molecule has 1 N–H and O–H groups in total. The van der Waals surface area contributed by atoms with Crippen LogP contribution in [-0.4, -0.2) is 53.1 Å². The number of nitrogens with one attached hydrogen (secondary N) is 1. The number of hydrogen-bond donors (Lipinski definition) is 1. The van der Waals surface area contributed by atoms with Crippen LogP contribution in [0.25, 0.3) is 0 Å². The zero-order valence-electron chi connectivity index (χ0n) is 22.5. The van der Waals surface area contributed by atoms with Crippen LogP contribution in [-0.2, 0) is 26.1 Å². The maximum absolute atomic E-state index is 12.9. The Morgan fingerprint density at radius 1 is 0.949 bits per heavy atom. The molecule has 0 spiro atoms. The van der Waals surface area contributed by atoms with Crippen molar-refractivity contribution >= 4 is 11.6 Å². The summed E-state index contributed by atoms with van der Waals surface area (Å²) in [5, 5.41) is 11.5. The van der Waals surface area contributed by atoms with Crippen LogP contribution in [0.4, 0.5) is 5.69 Å². The van der Waals surface area contributed by atoms with Gasteiger partial charge in [-0.1, -0.05) is 35.5 Å². The molecule has 4 aromatic rings.